The summed E-state index contributed by atoms with van der Waals surface area (Å²) >= 11 is 0. The highest BCUT2D eigenvalue weighted by atomic mass is 16.5. The molecule has 2 aromatic carbocycles. The van der Waals surface area contributed by atoms with Crippen molar-refractivity contribution in [2.24, 2.45) is 0 Å². The standard InChI is InChI=1S/C21H19N3O3/c1-14-12-22-13-24(21(14)26)11-10-23-20(25)19-15-6-2-4-8-17(15)27-18-9-5-3-7-16(18)19/h2-9,12-13,19H,10-11H2,1H3,(H,23,25). The quantitative estimate of drug-likeness (QED) is 0.775. The third-order valence-electron chi connectivity index (χ3n) is 4.67. The number of ether oxygens (including phenoxy) is 1. The van der Waals surface area contributed by atoms with Gasteiger partial charge in [-0.05, 0) is 19.1 Å². The molecule has 0 saturated carbocycles. The van der Waals surface area contributed by atoms with Crippen LogP contribution in [0.15, 0.2) is 65.8 Å². The molecule has 136 valence electrons. The number of hydrogen-bond acceptors (Lipinski definition) is 4. The molecule has 0 spiro atoms. The molecule has 0 bridgehead atoms. The number of carbonyl (C=O) groups excluding carboxylic acids is 1. The van der Waals surface area contributed by atoms with Crippen LogP contribution in [0.25, 0.3) is 0 Å². The average molecular weight is 361 g/mol. The normalized spacial score (nSPS) is 12.6. The molecule has 0 atom stereocenters. The van der Waals surface area contributed by atoms with Crippen LogP contribution in [-0.2, 0) is 11.3 Å². The number of amides is 1. The van der Waals surface area contributed by atoms with E-state index in [4.69, 9.17) is 4.74 Å². The van der Waals surface area contributed by atoms with Gasteiger partial charge >= 0.3 is 0 Å². The molecule has 6 nitrogen and oxygen atoms in total. The minimum Gasteiger partial charge on any atom is -0.457 e. The summed E-state index contributed by atoms with van der Waals surface area (Å²) in [6.45, 7) is 2.43. The van der Waals surface area contributed by atoms with Crippen LogP contribution in [0, 0.1) is 6.92 Å². The Hall–Kier alpha value is -3.41. The number of fused-ring (bicyclic) bond motifs is 2. The zero-order valence-electron chi connectivity index (χ0n) is 14.9. The van der Waals surface area contributed by atoms with E-state index < -0.39 is 5.92 Å². The number of benzene rings is 2. The van der Waals surface area contributed by atoms with Gasteiger partial charge in [-0.15, -0.1) is 0 Å². The number of aryl methyl sites for hydroxylation is 1. The molecule has 1 aliphatic rings. The molecular weight excluding hydrogens is 342 g/mol. The van der Waals surface area contributed by atoms with Gasteiger partial charge in [0.05, 0.1) is 12.2 Å². The van der Waals surface area contributed by atoms with Gasteiger partial charge in [-0.1, -0.05) is 36.4 Å². The number of aromatic nitrogens is 2. The first kappa shape index (κ1) is 17.0. The second-order valence-corrected chi connectivity index (χ2v) is 6.48. The predicted octanol–water partition coefficient (Wildman–Crippen LogP) is 2.61. The Morgan fingerprint density at radius 1 is 1.11 bits per heavy atom. The van der Waals surface area contributed by atoms with Gasteiger partial charge < -0.3 is 10.1 Å². The maximum atomic E-state index is 13.0. The van der Waals surface area contributed by atoms with Gasteiger partial charge in [-0.3, -0.25) is 14.2 Å². The van der Waals surface area contributed by atoms with Crippen LogP contribution in [-0.4, -0.2) is 22.0 Å². The van der Waals surface area contributed by atoms with Gasteiger partial charge in [-0.2, -0.15) is 0 Å². The summed E-state index contributed by atoms with van der Waals surface area (Å²) in [6.07, 6.45) is 3.02. The third kappa shape index (κ3) is 3.21. The molecule has 1 aromatic heterocycles. The summed E-state index contributed by atoms with van der Waals surface area (Å²) in [7, 11) is 0. The van der Waals surface area contributed by atoms with Gasteiger partial charge in [0.15, 0.2) is 0 Å². The molecule has 2 heterocycles. The van der Waals surface area contributed by atoms with Crippen LogP contribution in [0.3, 0.4) is 0 Å². The summed E-state index contributed by atoms with van der Waals surface area (Å²) < 4.78 is 7.43. The van der Waals surface area contributed by atoms with Crippen molar-refractivity contribution in [1.29, 1.82) is 0 Å². The van der Waals surface area contributed by atoms with E-state index in [1.54, 1.807) is 6.92 Å². The average Bonchev–Trinajstić information content (AvgIpc) is 2.69. The minimum absolute atomic E-state index is 0.0963. The van der Waals surface area contributed by atoms with Gasteiger partial charge in [-0.25, -0.2) is 4.98 Å². The first-order chi connectivity index (χ1) is 13.1. The molecule has 0 saturated heterocycles. The zero-order chi connectivity index (χ0) is 18.8. The Bertz CT molecular complexity index is 1010. The largest absolute Gasteiger partial charge is 0.457 e. The monoisotopic (exact) mass is 361 g/mol. The lowest BCUT2D eigenvalue weighted by Gasteiger charge is -2.27. The molecule has 0 radical (unpaired) electrons. The fraction of sp³-hybridized carbons (Fsp3) is 0.190. The van der Waals surface area contributed by atoms with E-state index in [9.17, 15) is 9.59 Å². The zero-order valence-corrected chi connectivity index (χ0v) is 14.9. The first-order valence-electron chi connectivity index (χ1n) is 8.79. The van der Waals surface area contributed by atoms with E-state index in [0.29, 0.717) is 30.2 Å². The highest BCUT2D eigenvalue weighted by Gasteiger charge is 2.32. The molecule has 6 heteroatoms. The van der Waals surface area contributed by atoms with Crippen molar-refractivity contribution in [2.75, 3.05) is 6.54 Å². The number of hydrogen-bond donors (Lipinski definition) is 1. The topological polar surface area (TPSA) is 73.2 Å². The summed E-state index contributed by atoms with van der Waals surface area (Å²) in [6, 6.07) is 15.1. The Morgan fingerprint density at radius 3 is 2.41 bits per heavy atom. The molecule has 0 unspecified atom stereocenters. The van der Waals surface area contributed by atoms with Crippen molar-refractivity contribution in [3.05, 3.63) is 88.1 Å². The summed E-state index contributed by atoms with van der Waals surface area (Å²) in [5.74, 6) is 0.816. The van der Waals surface area contributed by atoms with E-state index in [1.165, 1.54) is 17.1 Å². The second kappa shape index (κ2) is 7.07. The highest BCUT2D eigenvalue weighted by molar-refractivity contribution is 5.89. The van der Waals surface area contributed by atoms with Crippen LogP contribution >= 0.6 is 0 Å². The van der Waals surface area contributed by atoms with Gasteiger partial charge in [0.25, 0.3) is 5.56 Å². The number of nitrogens with zero attached hydrogens (tertiary/aromatic N) is 2. The summed E-state index contributed by atoms with van der Waals surface area (Å²) in [5.41, 5.74) is 2.16. The van der Waals surface area contributed by atoms with Crippen LogP contribution in [0.2, 0.25) is 0 Å². The van der Waals surface area contributed by atoms with Crippen molar-refractivity contribution < 1.29 is 9.53 Å². The maximum absolute atomic E-state index is 13.0. The molecule has 27 heavy (non-hydrogen) atoms. The summed E-state index contributed by atoms with van der Waals surface area (Å²) in [4.78, 5) is 29.1. The second-order valence-electron chi connectivity index (χ2n) is 6.48. The van der Waals surface area contributed by atoms with Crippen molar-refractivity contribution in [3.8, 4) is 11.5 Å². The molecule has 0 aliphatic carbocycles. The van der Waals surface area contributed by atoms with Crippen molar-refractivity contribution in [1.82, 2.24) is 14.9 Å². The predicted molar refractivity (Wildman–Crippen MR) is 101 cm³/mol. The fourth-order valence-corrected chi connectivity index (χ4v) is 3.31. The lowest BCUT2D eigenvalue weighted by atomic mass is 9.87. The smallest absolute Gasteiger partial charge is 0.256 e. The molecular formula is C21H19N3O3. The SMILES string of the molecule is Cc1cncn(CCNC(=O)C2c3ccccc3Oc3ccccc32)c1=O. The van der Waals surface area contributed by atoms with E-state index in [0.717, 1.165) is 11.1 Å². The lowest BCUT2D eigenvalue weighted by Crippen LogP contribution is -2.35. The van der Waals surface area contributed by atoms with Crippen LogP contribution in [0.5, 0.6) is 11.5 Å². The molecule has 3 aromatic rings. The van der Waals surface area contributed by atoms with Crippen LogP contribution in [0.4, 0.5) is 0 Å². The Kier molecular flexibility index (Phi) is 4.46. The molecule has 1 N–H and O–H groups in total. The number of para-hydroxylation sites is 2. The number of rotatable bonds is 4. The van der Waals surface area contributed by atoms with Gasteiger partial charge in [0, 0.05) is 36.0 Å². The van der Waals surface area contributed by atoms with Gasteiger partial charge in [0.2, 0.25) is 5.91 Å². The van der Waals surface area contributed by atoms with Gasteiger partial charge in [0.1, 0.15) is 11.5 Å². The Balaban J connectivity index is 1.55. The van der Waals surface area contributed by atoms with Crippen LogP contribution < -0.4 is 15.6 Å². The molecule has 1 amide bonds. The molecule has 1 aliphatic heterocycles. The fourth-order valence-electron chi connectivity index (χ4n) is 3.31. The first-order valence-corrected chi connectivity index (χ1v) is 8.79. The third-order valence-corrected chi connectivity index (χ3v) is 4.67. The highest BCUT2D eigenvalue weighted by Crippen LogP contribution is 2.43. The van der Waals surface area contributed by atoms with E-state index in [1.807, 2.05) is 48.5 Å². The van der Waals surface area contributed by atoms with Crippen molar-refractivity contribution >= 4 is 5.91 Å². The summed E-state index contributed by atoms with van der Waals surface area (Å²) in [5, 5.41) is 2.95. The Morgan fingerprint density at radius 2 is 1.74 bits per heavy atom. The minimum atomic E-state index is -0.446. The number of carbonyl (C=O) groups is 1. The molecule has 0 fully saturated rings. The van der Waals surface area contributed by atoms with Crippen LogP contribution in [0.1, 0.15) is 22.6 Å². The number of nitrogens with one attached hydrogen (secondary N) is 1. The van der Waals surface area contributed by atoms with E-state index in [2.05, 4.69) is 10.3 Å². The Labute approximate surface area is 156 Å². The maximum Gasteiger partial charge on any atom is 0.256 e. The van der Waals surface area contributed by atoms with E-state index >= 15 is 0 Å². The van der Waals surface area contributed by atoms with Crippen molar-refractivity contribution in [2.45, 2.75) is 19.4 Å². The molecule has 4 rings (SSSR count). The lowest BCUT2D eigenvalue weighted by molar-refractivity contribution is -0.121. The van der Waals surface area contributed by atoms with E-state index in [-0.39, 0.29) is 11.5 Å². The van der Waals surface area contributed by atoms with Crippen molar-refractivity contribution in [3.63, 3.8) is 0 Å².